The Balaban J connectivity index is -0.00000000252. The number of aliphatic hydroxyl groups excluding tert-OH is 4. The van der Waals surface area contributed by atoms with Crippen LogP contribution in [0.1, 0.15) is 59.4 Å². The van der Waals surface area contributed by atoms with Gasteiger partial charge in [-0.2, -0.15) is 0 Å². The fourth-order valence-corrected chi connectivity index (χ4v) is 0. The standard InChI is InChI=1S/2C2H6O2.2C2H4.8CH4.CH3.2H2O2.3U/c2*3-1-2-4;2*1-2;;;;;;;;;;2*1-2;;;/h2*3-4H,1-2H2;2*1-2H2;8*1H4;1H3;2*1-2H;;;/q;;;;;;;;;;;;-1;;;;;. The normalized spacial score (nSPS) is 2.86. The van der Waals surface area contributed by atoms with Crippen molar-refractivity contribution in [3.05, 3.63) is 33.7 Å². The number of rotatable bonds is 2. The van der Waals surface area contributed by atoms with Gasteiger partial charge in [0.2, 0.25) is 0 Å². The Morgan fingerprint density at radius 3 is 0.393 bits per heavy atom. The third kappa shape index (κ3) is 1130. The predicted molar refractivity (Wildman–Crippen MR) is 122 cm³/mol. The Labute approximate surface area is 251 Å². The molecule has 0 atom stereocenters. The smallest absolute Gasteiger partial charge is 0.0662 e. The maximum absolute atomic E-state index is 7.62. The number of hydrogen-bond acceptors (Lipinski definition) is 8. The van der Waals surface area contributed by atoms with E-state index in [9.17, 15) is 0 Å². The largest absolute Gasteiger partial charge is 0.394 e. The molecule has 0 aromatic carbocycles. The molecule has 8 nitrogen and oxygen atoms in total. The topological polar surface area (TPSA) is 162 Å². The van der Waals surface area contributed by atoms with Crippen LogP contribution in [0.5, 0.6) is 0 Å². The van der Waals surface area contributed by atoms with Crippen LogP contribution in [-0.2, 0) is 0 Å². The first kappa shape index (κ1) is 172. The first-order valence-corrected chi connectivity index (χ1v) is 3.66. The van der Waals surface area contributed by atoms with Crippen molar-refractivity contribution in [2.24, 2.45) is 0 Å². The third-order valence-electron chi connectivity index (χ3n) is 0.200. The van der Waals surface area contributed by atoms with E-state index < -0.39 is 0 Å². The molecule has 0 aliphatic heterocycles. The van der Waals surface area contributed by atoms with E-state index in [0.29, 0.717) is 0 Å². The molecule has 0 radical (unpaired) electrons. The van der Waals surface area contributed by atoms with E-state index in [2.05, 4.69) is 26.3 Å². The Hall–Kier alpha value is 2.32. The molecule has 0 heterocycles. The van der Waals surface area contributed by atoms with Crippen LogP contribution in [-0.4, -0.2) is 67.9 Å². The van der Waals surface area contributed by atoms with Crippen LogP contribution in [0.2, 0.25) is 0 Å². The summed E-state index contributed by atoms with van der Waals surface area (Å²) in [5.41, 5.74) is 0. The molecular weight excluding hydrogens is 1050 g/mol. The van der Waals surface area contributed by atoms with Gasteiger partial charge in [0.05, 0.1) is 26.4 Å². The van der Waals surface area contributed by atoms with E-state index in [1.807, 2.05) is 0 Å². The first-order valence-electron chi connectivity index (χ1n) is 3.66. The molecule has 0 aliphatic carbocycles. The van der Waals surface area contributed by atoms with Crippen LogP contribution in [0.3, 0.4) is 0 Å². The van der Waals surface area contributed by atoms with Crippen molar-refractivity contribution in [1.82, 2.24) is 0 Å². The molecule has 0 aromatic rings. The van der Waals surface area contributed by atoms with Gasteiger partial charge in [0.1, 0.15) is 0 Å². The molecule has 8 N–H and O–H groups in total. The summed E-state index contributed by atoms with van der Waals surface area (Å²) in [6.07, 6.45) is 0. The molecular formula is C17H59O8U3-. The molecule has 0 spiro atoms. The van der Waals surface area contributed by atoms with Crippen LogP contribution >= 0.6 is 0 Å². The Morgan fingerprint density at radius 1 is 0.357 bits per heavy atom. The van der Waals surface area contributed by atoms with Crippen LogP contribution < -0.4 is 0 Å². The second-order valence-corrected chi connectivity index (χ2v) is 0.894. The molecule has 0 rings (SSSR count). The minimum Gasteiger partial charge on any atom is -0.394 e. The minimum atomic E-state index is -0.125. The van der Waals surface area contributed by atoms with E-state index in [1.165, 1.54) is 0 Å². The zero-order chi connectivity index (χ0) is 14.8. The number of aliphatic hydroxyl groups is 4. The summed E-state index contributed by atoms with van der Waals surface area (Å²) in [6, 6.07) is 0. The fraction of sp³-hybridized carbons (Fsp3) is 0.706. The monoisotopic (exact) mass is 1110 g/mol. The van der Waals surface area contributed by atoms with E-state index in [-0.39, 0.29) is 187 Å². The van der Waals surface area contributed by atoms with E-state index in [0.717, 1.165) is 0 Å². The molecule has 28 heavy (non-hydrogen) atoms. The van der Waals surface area contributed by atoms with Gasteiger partial charge in [-0.15, -0.1) is 26.3 Å². The van der Waals surface area contributed by atoms with Crippen molar-refractivity contribution in [2.75, 3.05) is 26.4 Å². The SMILES string of the molecule is C.C.C.C.C.C.C.C.C=C.C=C.OCCO.OCCO.OO.OO.[CH3-].[U].[U].[U]. The van der Waals surface area contributed by atoms with Crippen molar-refractivity contribution in [2.45, 2.75) is 59.4 Å². The van der Waals surface area contributed by atoms with Crippen LogP contribution in [0.15, 0.2) is 26.3 Å². The van der Waals surface area contributed by atoms with Gasteiger partial charge >= 0.3 is 0 Å². The molecule has 188 valence electrons. The van der Waals surface area contributed by atoms with Gasteiger partial charge < -0.3 is 27.9 Å². The molecule has 0 aromatic heterocycles. The van der Waals surface area contributed by atoms with E-state index in [1.54, 1.807) is 0 Å². The van der Waals surface area contributed by atoms with Gasteiger partial charge in [0.25, 0.3) is 0 Å². The Kier molecular flexibility index (Phi) is 3610. The molecule has 0 fully saturated rings. The maximum Gasteiger partial charge on any atom is 0.0662 e. The van der Waals surface area contributed by atoms with Gasteiger partial charge in [0.15, 0.2) is 0 Å². The fourth-order valence-electron chi connectivity index (χ4n) is 0. The second kappa shape index (κ2) is 589. The third-order valence-corrected chi connectivity index (χ3v) is 0.200. The summed E-state index contributed by atoms with van der Waals surface area (Å²) in [5, 5.41) is 54.5. The van der Waals surface area contributed by atoms with Crippen molar-refractivity contribution in [3.8, 4) is 0 Å². The first-order chi connectivity index (χ1) is 7.83. The summed E-state index contributed by atoms with van der Waals surface area (Å²) in [5.74, 6) is 0. The second-order valence-electron chi connectivity index (χ2n) is 0.894. The minimum absolute atomic E-state index is 0. The molecule has 11 heteroatoms. The van der Waals surface area contributed by atoms with Gasteiger partial charge in [-0.25, -0.2) is 0 Å². The molecule has 0 saturated heterocycles. The average molecular weight is 1110 g/mol. The summed E-state index contributed by atoms with van der Waals surface area (Å²) in [4.78, 5) is 0. The Bertz CT molecular complexity index is 57.4. The summed E-state index contributed by atoms with van der Waals surface area (Å²) in [7, 11) is 0. The molecule has 0 unspecified atom stereocenters. The molecule has 0 aliphatic rings. The molecule has 0 amide bonds. The Morgan fingerprint density at radius 2 is 0.393 bits per heavy atom. The van der Waals surface area contributed by atoms with Crippen LogP contribution in [0.25, 0.3) is 0 Å². The van der Waals surface area contributed by atoms with Crippen molar-refractivity contribution >= 4 is 0 Å². The zero-order valence-corrected chi connectivity index (χ0v) is 24.2. The summed E-state index contributed by atoms with van der Waals surface area (Å²) < 4.78 is 0. The van der Waals surface area contributed by atoms with Gasteiger partial charge in [-0.05, 0) is 0 Å². The van der Waals surface area contributed by atoms with Crippen molar-refractivity contribution in [1.29, 1.82) is 0 Å². The summed E-state index contributed by atoms with van der Waals surface area (Å²) in [6.45, 7) is 11.5. The van der Waals surface area contributed by atoms with Crippen LogP contribution in [0, 0.1) is 101 Å². The average Bonchev–Trinajstić information content (AvgIpc) is 2.47. The predicted octanol–water partition coefficient (Wildman–Crippen LogP) is 5.12. The summed E-state index contributed by atoms with van der Waals surface area (Å²) >= 11 is 0. The number of hydrogen-bond donors (Lipinski definition) is 8. The zero-order valence-electron chi connectivity index (χ0n) is 11.7. The molecule has 0 saturated carbocycles. The maximum atomic E-state index is 7.62. The van der Waals surface area contributed by atoms with Crippen molar-refractivity contribution < 1.29 is 135 Å². The van der Waals surface area contributed by atoms with Gasteiger partial charge in [-0.3, -0.25) is 21.0 Å². The van der Waals surface area contributed by atoms with Crippen molar-refractivity contribution in [3.63, 3.8) is 0 Å². The van der Waals surface area contributed by atoms with E-state index >= 15 is 0 Å². The van der Waals surface area contributed by atoms with Gasteiger partial charge in [0, 0.05) is 93.3 Å². The van der Waals surface area contributed by atoms with E-state index in [4.69, 9.17) is 41.5 Å². The van der Waals surface area contributed by atoms with Gasteiger partial charge in [-0.1, -0.05) is 59.4 Å². The quantitative estimate of drug-likeness (QED) is 0.0820. The molecule has 0 bridgehead atoms. The van der Waals surface area contributed by atoms with Crippen LogP contribution in [0.4, 0.5) is 0 Å².